The van der Waals surface area contributed by atoms with Crippen molar-refractivity contribution >= 4 is 5.57 Å². The van der Waals surface area contributed by atoms with Gasteiger partial charge in [0.05, 0.1) is 5.60 Å². The fraction of sp³-hybridized carbons (Fsp3) is 0.333. The molecule has 3 heteroatoms. The fourth-order valence-electron chi connectivity index (χ4n) is 1.47. The summed E-state index contributed by atoms with van der Waals surface area (Å²) in [5, 5.41) is 18.5. The molecule has 0 radical (unpaired) electrons. The van der Waals surface area contributed by atoms with Gasteiger partial charge in [0.25, 0.3) is 0 Å². The van der Waals surface area contributed by atoms with Gasteiger partial charge in [0.1, 0.15) is 6.10 Å². The number of aliphatic hydroxyl groups is 1. The molecule has 0 amide bonds. The summed E-state index contributed by atoms with van der Waals surface area (Å²) in [5.74, 6) is 0. The van der Waals surface area contributed by atoms with Gasteiger partial charge in [0, 0.05) is 0 Å². The quantitative estimate of drug-likeness (QED) is 0.478. The van der Waals surface area contributed by atoms with Crippen LogP contribution in [0.2, 0.25) is 0 Å². The maximum absolute atomic E-state index is 9.60. The molecule has 0 aliphatic rings. The van der Waals surface area contributed by atoms with Crippen LogP contribution in [0, 0.1) is 6.92 Å². The summed E-state index contributed by atoms with van der Waals surface area (Å²) < 4.78 is 0. The van der Waals surface area contributed by atoms with Crippen LogP contribution in [0.25, 0.3) is 5.57 Å². The first kappa shape index (κ1) is 14.6. The molecule has 1 atom stereocenters. The molecule has 0 heterocycles. The van der Waals surface area contributed by atoms with Gasteiger partial charge >= 0.3 is 0 Å². The third kappa shape index (κ3) is 4.45. The number of rotatable bonds is 5. The third-order valence-electron chi connectivity index (χ3n) is 2.56. The van der Waals surface area contributed by atoms with E-state index in [1.807, 2.05) is 31.2 Å². The van der Waals surface area contributed by atoms with Crippen LogP contribution in [0.3, 0.4) is 0 Å². The summed E-state index contributed by atoms with van der Waals surface area (Å²) in [6, 6.07) is 7.77. The molecule has 2 N–H and O–H groups in total. The first-order chi connectivity index (χ1) is 8.33. The normalized spacial score (nSPS) is 13.8. The maximum Gasteiger partial charge on any atom is 0.136 e. The minimum absolute atomic E-state index is 0.637. The number of benzene rings is 1. The topological polar surface area (TPSA) is 49.7 Å². The molecule has 0 spiro atoms. The monoisotopic (exact) mass is 248 g/mol. The van der Waals surface area contributed by atoms with Crippen molar-refractivity contribution in [3.8, 4) is 0 Å². The first-order valence-electron chi connectivity index (χ1n) is 5.81. The SMILES string of the molecule is C=C(c1ccc(C)cc1)C(/C=C/C(C)(C)O)OO. The van der Waals surface area contributed by atoms with Gasteiger partial charge < -0.3 is 5.11 Å². The smallest absolute Gasteiger partial charge is 0.136 e. The van der Waals surface area contributed by atoms with Crippen molar-refractivity contribution in [3.05, 3.63) is 54.1 Å². The first-order valence-corrected chi connectivity index (χ1v) is 5.81. The lowest BCUT2D eigenvalue weighted by Crippen LogP contribution is -2.17. The zero-order valence-electron chi connectivity index (χ0n) is 11.1. The van der Waals surface area contributed by atoms with E-state index in [1.54, 1.807) is 26.0 Å². The molecule has 1 aromatic rings. The molecule has 0 bridgehead atoms. The van der Waals surface area contributed by atoms with Crippen LogP contribution in [0.1, 0.15) is 25.0 Å². The minimum Gasteiger partial charge on any atom is -0.386 e. The molecule has 18 heavy (non-hydrogen) atoms. The lowest BCUT2D eigenvalue weighted by Gasteiger charge is -2.16. The Morgan fingerprint density at radius 3 is 2.33 bits per heavy atom. The van der Waals surface area contributed by atoms with Gasteiger partial charge in [0.15, 0.2) is 0 Å². The van der Waals surface area contributed by atoms with Gasteiger partial charge in [-0.05, 0) is 38.0 Å². The Balaban J connectivity index is 2.86. The Kier molecular flexibility index (Phi) is 4.84. The second-order valence-corrected chi connectivity index (χ2v) is 4.93. The van der Waals surface area contributed by atoms with Crippen molar-refractivity contribution in [2.24, 2.45) is 0 Å². The van der Waals surface area contributed by atoms with E-state index in [-0.39, 0.29) is 0 Å². The van der Waals surface area contributed by atoms with E-state index in [2.05, 4.69) is 11.5 Å². The summed E-state index contributed by atoms with van der Waals surface area (Å²) in [5.41, 5.74) is 1.72. The maximum atomic E-state index is 9.60. The highest BCUT2D eigenvalue weighted by atomic mass is 17.1. The van der Waals surface area contributed by atoms with Crippen LogP contribution in [0.15, 0.2) is 43.0 Å². The number of hydrogen-bond donors (Lipinski definition) is 2. The molecule has 0 saturated heterocycles. The molecular weight excluding hydrogens is 228 g/mol. The van der Waals surface area contributed by atoms with Crippen molar-refractivity contribution in [2.45, 2.75) is 32.5 Å². The van der Waals surface area contributed by atoms with Gasteiger partial charge in [-0.25, -0.2) is 4.89 Å². The minimum atomic E-state index is -0.954. The Morgan fingerprint density at radius 1 is 1.33 bits per heavy atom. The van der Waals surface area contributed by atoms with Crippen LogP contribution in [-0.4, -0.2) is 22.1 Å². The molecule has 98 valence electrons. The standard InChI is InChI=1S/C15H20O3/c1-11-5-7-13(8-6-11)12(2)14(18-17)9-10-15(3,4)16/h5-10,14,16-17H,2H2,1,3-4H3/b10-9+. The van der Waals surface area contributed by atoms with E-state index < -0.39 is 11.7 Å². The molecule has 1 rings (SSSR count). The predicted molar refractivity (Wildman–Crippen MR) is 73.2 cm³/mol. The van der Waals surface area contributed by atoms with E-state index in [4.69, 9.17) is 5.26 Å². The zero-order chi connectivity index (χ0) is 13.8. The van der Waals surface area contributed by atoms with Crippen LogP contribution in [-0.2, 0) is 4.89 Å². The van der Waals surface area contributed by atoms with Gasteiger partial charge in [-0.15, -0.1) is 0 Å². The van der Waals surface area contributed by atoms with Crippen molar-refractivity contribution < 1.29 is 15.3 Å². The molecule has 0 aliphatic heterocycles. The molecule has 1 unspecified atom stereocenters. The van der Waals surface area contributed by atoms with Crippen molar-refractivity contribution in [2.75, 3.05) is 0 Å². The molecular formula is C15H20O3. The van der Waals surface area contributed by atoms with Crippen LogP contribution in [0.5, 0.6) is 0 Å². The second-order valence-electron chi connectivity index (χ2n) is 4.93. The second kappa shape index (κ2) is 5.96. The molecule has 3 nitrogen and oxygen atoms in total. The Morgan fingerprint density at radius 2 is 1.89 bits per heavy atom. The summed E-state index contributed by atoms with van der Waals surface area (Å²) in [6.07, 6.45) is 2.48. The van der Waals surface area contributed by atoms with E-state index in [0.717, 1.165) is 11.1 Å². The van der Waals surface area contributed by atoms with Crippen molar-refractivity contribution in [3.63, 3.8) is 0 Å². The summed E-state index contributed by atoms with van der Waals surface area (Å²) >= 11 is 0. The molecule has 1 aromatic carbocycles. The average Bonchev–Trinajstić information content (AvgIpc) is 2.29. The lowest BCUT2D eigenvalue weighted by atomic mass is 9.99. The Bertz CT molecular complexity index is 424. The van der Waals surface area contributed by atoms with Gasteiger partial charge in [0.2, 0.25) is 0 Å². The highest BCUT2D eigenvalue weighted by Crippen LogP contribution is 2.20. The van der Waals surface area contributed by atoms with E-state index in [9.17, 15) is 5.11 Å². The molecule has 0 aromatic heterocycles. The summed E-state index contributed by atoms with van der Waals surface area (Å²) in [4.78, 5) is 4.39. The largest absolute Gasteiger partial charge is 0.386 e. The fourth-order valence-corrected chi connectivity index (χ4v) is 1.47. The predicted octanol–water partition coefficient (Wildman–Crippen LogP) is 3.19. The van der Waals surface area contributed by atoms with Crippen LogP contribution >= 0.6 is 0 Å². The van der Waals surface area contributed by atoms with Crippen molar-refractivity contribution in [1.29, 1.82) is 0 Å². The van der Waals surface area contributed by atoms with Gasteiger partial charge in [-0.1, -0.05) is 42.5 Å². The highest BCUT2D eigenvalue weighted by molar-refractivity contribution is 5.68. The molecule has 0 fully saturated rings. The summed E-state index contributed by atoms with van der Waals surface area (Å²) in [6.45, 7) is 9.20. The zero-order valence-corrected chi connectivity index (χ0v) is 11.1. The third-order valence-corrected chi connectivity index (χ3v) is 2.56. The summed E-state index contributed by atoms with van der Waals surface area (Å²) in [7, 11) is 0. The van der Waals surface area contributed by atoms with E-state index in [1.165, 1.54) is 0 Å². The molecule has 0 saturated carbocycles. The van der Waals surface area contributed by atoms with Gasteiger partial charge in [-0.2, -0.15) is 0 Å². The number of aryl methyl sites for hydroxylation is 1. The van der Waals surface area contributed by atoms with Gasteiger partial charge in [-0.3, -0.25) is 5.26 Å². The van der Waals surface area contributed by atoms with Crippen molar-refractivity contribution in [1.82, 2.24) is 0 Å². The highest BCUT2D eigenvalue weighted by Gasteiger charge is 2.14. The van der Waals surface area contributed by atoms with Crippen LogP contribution < -0.4 is 0 Å². The van der Waals surface area contributed by atoms with E-state index >= 15 is 0 Å². The Labute approximate surface area is 108 Å². The van der Waals surface area contributed by atoms with E-state index in [0.29, 0.717) is 5.57 Å². The molecule has 0 aliphatic carbocycles. The lowest BCUT2D eigenvalue weighted by molar-refractivity contribution is -0.251. The number of hydrogen-bond acceptors (Lipinski definition) is 3. The Hall–Kier alpha value is -1.42. The van der Waals surface area contributed by atoms with Crippen LogP contribution in [0.4, 0.5) is 0 Å². The average molecular weight is 248 g/mol.